The second-order valence-corrected chi connectivity index (χ2v) is 7.69. The number of nitrogens with zero attached hydrogens (tertiary/aromatic N) is 1. The normalized spacial score (nSPS) is 17.4. The Morgan fingerprint density at radius 2 is 1.58 bits per heavy atom. The Morgan fingerprint density at radius 3 is 2.27 bits per heavy atom. The number of hydrogen-bond acceptors (Lipinski definition) is 5. The number of ketones is 1. The third-order valence-corrected chi connectivity index (χ3v) is 5.49. The van der Waals surface area contributed by atoms with Gasteiger partial charge in [-0.2, -0.15) is 0 Å². The second kappa shape index (κ2) is 10.1. The van der Waals surface area contributed by atoms with E-state index in [-0.39, 0.29) is 11.3 Å². The molecule has 1 aliphatic rings. The molecule has 0 aromatic heterocycles. The second-order valence-electron chi connectivity index (χ2n) is 7.69. The van der Waals surface area contributed by atoms with Crippen molar-refractivity contribution in [1.29, 1.82) is 0 Å². The number of carbonyl (C=O) groups is 2. The van der Waals surface area contributed by atoms with Crippen molar-refractivity contribution in [3.05, 3.63) is 102 Å². The number of amides is 1. The highest BCUT2D eigenvalue weighted by Gasteiger charge is 2.45. The summed E-state index contributed by atoms with van der Waals surface area (Å²) in [5, 5.41) is 11.1. The number of rotatable bonds is 8. The van der Waals surface area contributed by atoms with Crippen molar-refractivity contribution in [1.82, 2.24) is 4.90 Å². The average Bonchev–Trinajstić information content (AvgIpc) is 3.10. The number of aliphatic hydroxyl groups excluding tert-OH is 1. The molecule has 6 heteroatoms. The highest BCUT2D eigenvalue weighted by atomic mass is 16.5. The lowest BCUT2D eigenvalue weighted by Gasteiger charge is -2.25. The minimum absolute atomic E-state index is 0.0699. The molecule has 1 heterocycles. The van der Waals surface area contributed by atoms with Crippen LogP contribution in [0.4, 0.5) is 0 Å². The van der Waals surface area contributed by atoms with Crippen molar-refractivity contribution in [3.8, 4) is 11.5 Å². The van der Waals surface area contributed by atoms with Crippen LogP contribution in [0.1, 0.15) is 23.6 Å². The summed E-state index contributed by atoms with van der Waals surface area (Å²) in [4.78, 5) is 27.5. The lowest BCUT2D eigenvalue weighted by atomic mass is 9.95. The van der Waals surface area contributed by atoms with Crippen LogP contribution in [0, 0.1) is 0 Å². The summed E-state index contributed by atoms with van der Waals surface area (Å²) in [5.74, 6) is -0.285. The van der Waals surface area contributed by atoms with Gasteiger partial charge in [0.1, 0.15) is 17.3 Å². The van der Waals surface area contributed by atoms with Gasteiger partial charge < -0.3 is 19.5 Å². The number of Topliss-reactive ketones (excluding diaryl/α,β-unsaturated/α-hetero) is 1. The molecule has 1 atom stereocenters. The molecule has 33 heavy (non-hydrogen) atoms. The highest BCUT2D eigenvalue weighted by molar-refractivity contribution is 6.46. The Hall–Kier alpha value is -3.90. The summed E-state index contributed by atoms with van der Waals surface area (Å²) in [6.07, 6.45) is 0.561. The van der Waals surface area contributed by atoms with Crippen molar-refractivity contribution in [2.24, 2.45) is 0 Å². The summed E-state index contributed by atoms with van der Waals surface area (Å²) in [6, 6.07) is 24.6. The molecule has 1 fully saturated rings. The summed E-state index contributed by atoms with van der Waals surface area (Å²) in [6.45, 7) is 0.768. The maximum absolute atomic E-state index is 13.1. The van der Waals surface area contributed by atoms with Gasteiger partial charge >= 0.3 is 0 Å². The molecule has 0 unspecified atom stereocenters. The van der Waals surface area contributed by atoms with Gasteiger partial charge in [-0.1, -0.05) is 60.7 Å². The summed E-state index contributed by atoms with van der Waals surface area (Å²) >= 11 is 0. The SMILES string of the molecule is COCCCN1C(=O)C(=O)C(=C(O)c2ccccc2)[C@@H]1c1cccc(Oc2ccccc2)c1. The van der Waals surface area contributed by atoms with Gasteiger partial charge in [0.2, 0.25) is 0 Å². The third kappa shape index (κ3) is 4.81. The monoisotopic (exact) mass is 443 g/mol. The number of carbonyl (C=O) groups excluding carboxylic acids is 2. The molecule has 1 amide bonds. The molecule has 6 nitrogen and oxygen atoms in total. The Labute approximate surface area is 192 Å². The number of methoxy groups -OCH3 is 1. The average molecular weight is 443 g/mol. The zero-order valence-electron chi connectivity index (χ0n) is 18.3. The fourth-order valence-electron chi connectivity index (χ4n) is 3.96. The molecular formula is C27H25NO5. The smallest absolute Gasteiger partial charge is 0.295 e. The minimum atomic E-state index is -0.735. The van der Waals surface area contributed by atoms with Crippen molar-refractivity contribution in [3.63, 3.8) is 0 Å². The van der Waals surface area contributed by atoms with E-state index in [1.807, 2.05) is 54.6 Å². The molecule has 0 saturated carbocycles. The highest BCUT2D eigenvalue weighted by Crippen LogP contribution is 2.40. The van der Waals surface area contributed by atoms with E-state index in [1.54, 1.807) is 37.4 Å². The number of ether oxygens (including phenoxy) is 2. The number of likely N-dealkylation sites (tertiary alicyclic amines) is 1. The third-order valence-electron chi connectivity index (χ3n) is 5.49. The van der Waals surface area contributed by atoms with Gasteiger partial charge in [0.15, 0.2) is 0 Å². The lowest BCUT2D eigenvalue weighted by Crippen LogP contribution is -2.31. The zero-order chi connectivity index (χ0) is 23.2. The van der Waals surface area contributed by atoms with Gasteiger partial charge in [-0.05, 0) is 36.2 Å². The molecule has 1 N–H and O–H groups in total. The van der Waals surface area contributed by atoms with E-state index in [2.05, 4.69) is 0 Å². The molecule has 0 spiro atoms. The van der Waals surface area contributed by atoms with Gasteiger partial charge in [-0.3, -0.25) is 9.59 Å². The fraction of sp³-hybridized carbons (Fsp3) is 0.185. The first-order chi connectivity index (χ1) is 16.1. The number of hydrogen-bond donors (Lipinski definition) is 1. The van der Waals surface area contributed by atoms with Crippen LogP contribution < -0.4 is 4.74 Å². The van der Waals surface area contributed by atoms with E-state index in [0.717, 1.165) is 0 Å². The van der Waals surface area contributed by atoms with E-state index < -0.39 is 17.7 Å². The van der Waals surface area contributed by atoms with E-state index >= 15 is 0 Å². The Morgan fingerprint density at radius 1 is 0.909 bits per heavy atom. The maximum Gasteiger partial charge on any atom is 0.295 e. The molecule has 4 rings (SSSR count). The lowest BCUT2D eigenvalue weighted by molar-refractivity contribution is -0.140. The van der Waals surface area contributed by atoms with Gasteiger partial charge in [-0.25, -0.2) is 0 Å². The van der Waals surface area contributed by atoms with Gasteiger partial charge in [0.25, 0.3) is 11.7 Å². The summed E-state index contributed by atoms with van der Waals surface area (Å²) in [7, 11) is 1.59. The molecule has 0 radical (unpaired) electrons. The van der Waals surface area contributed by atoms with Crippen molar-refractivity contribution in [2.45, 2.75) is 12.5 Å². The van der Waals surface area contributed by atoms with Crippen LogP contribution in [0.25, 0.3) is 5.76 Å². The van der Waals surface area contributed by atoms with Crippen LogP contribution in [-0.2, 0) is 14.3 Å². The van der Waals surface area contributed by atoms with Crippen LogP contribution in [0.3, 0.4) is 0 Å². The number of para-hydroxylation sites is 1. The number of aliphatic hydroxyl groups is 1. The molecule has 0 aliphatic carbocycles. The van der Waals surface area contributed by atoms with Gasteiger partial charge in [0.05, 0.1) is 11.6 Å². The standard InChI is InChI=1S/C27H25NO5/c1-32-17-9-16-28-24(20-12-8-15-22(18-20)33-21-13-6-3-7-14-21)23(26(30)27(28)31)25(29)19-10-4-2-5-11-19/h2-8,10-15,18,24,29H,9,16-17H2,1H3/t24-/m0/s1. The minimum Gasteiger partial charge on any atom is -0.507 e. The first-order valence-corrected chi connectivity index (χ1v) is 10.8. The predicted molar refractivity (Wildman–Crippen MR) is 125 cm³/mol. The summed E-state index contributed by atoms with van der Waals surface area (Å²) < 4.78 is 11.1. The van der Waals surface area contributed by atoms with Gasteiger partial charge in [-0.15, -0.1) is 0 Å². The van der Waals surface area contributed by atoms with Crippen LogP contribution >= 0.6 is 0 Å². The van der Waals surface area contributed by atoms with Crippen LogP contribution in [0.2, 0.25) is 0 Å². The van der Waals surface area contributed by atoms with E-state index in [9.17, 15) is 14.7 Å². The predicted octanol–water partition coefficient (Wildman–Crippen LogP) is 4.94. The first kappa shape index (κ1) is 22.3. The molecule has 3 aromatic rings. The number of benzene rings is 3. The van der Waals surface area contributed by atoms with Crippen LogP contribution in [0.5, 0.6) is 11.5 Å². The van der Waals surface area contributed by atoms with E-state index in [0.29, 0.717) is 42.2 Å². The van der Waals surface area contributed by atoms with Crippen LogP contribution in [-0.4, -0.2) is 42.0 Å². The van der Waals surface area contributed by atoms with Crippen LogP contribution in [0.15, 0.2) is 90.5 Å². The topological polar surface area (TPSA) is 76.1 Å². The molecular weight excluding hydrogens is 418 g/mol. The molecule has 0 bridgehead atoms. The zero-order valence-corrected chi connectivity index (χ0v) is 18.3. The maximum atomic E-state index is 13.1. The molecule has 1 saturated heterocycles. The quantitative estimate of drug-likeness (QED) is 0.231. The van der Waals surface area contributed by atoms with E-state index in [4.69, 9.17) is 9.47 Å². The first-order valence-electron chi connectivity index (χ1n) is 10.8. The van der Waals surface area contributed by atoms with Crippen molar-refractivity contribution < 1.29 is 24.2 Å². The largest absolute Gasteiger partial charge is 0.507 e. The summed E-state index contributed by atoms with van der Waals surface area (Å²) in [5.41, 5.74) is 1.23. The van der Waals surface area contributed by atoms with E-state index in [1.165, 1.54) is 4.90 Å². The molecule has 3 aromatic carbocycles. The van der Waals surface area contributed by atoms with Crippen molar-refractivity contribution >= 4 is 17.4 Å². The molecule has 1 aliphatic heterocycles. The fourth-order valence-corrected chi connectivity index (χ4v) is 3.96. The Balaban J connectivity index is 1.77. The molecule has 168 valence electrons. The van der Waals surface area contributed by atoms with Crippen molar-refractivity contribution in [2.75, 3.05) is 20.3 Å². The Bertz CT molecular complexity index is 1160. The Kier molecular flexibility index (Phi) is 6.86. The van der Waals surface area contributed by atoms with Gasteiger partial charge in [0, 0.05) is 25.8 Å².